The lowest BCUT2D eigenvalue weighted by molar-refractivity contribution is 0.0465. The molecule has 0 aliphatic heterocycles. The molecule has 5 nitrogen and oxygen atoms in total. The van der Waals surface area contributed by atoms with E-state index in [4.69, 9.17) is 9.47 Å². The van der Waals surface area contributed by atoms with Crippen LogP contribution in [0.1, 0.15) is 39.2 Å². The van der Waals surface area contributed by atoms with Crippen LogP contribution in [0.15, 0.2) is 22.7 Å². The Morgan fingerprint density at radius 2 is 2.00 bits per heavy atom. The number of alkyl carbamates (subject to hydrolysis) is 1. The van der Waals surface area contributed by atoms with E-state index in [-0.39, 0.29) is 12.1 Å². The number of carbonyl (C=O) groups excluding carboxylic acids is 1. The molecule has 0 aromatic heterocycles. The SMILES string of the molecule is COc1ccc(Br)c(CNC2CC(NC(=O)OC(C)(C)C)C2)c1. The molecule has 23 heavy (non-hydrogen) atoms. The number of benzene rings is 1. The molecular formula is C17H25BrN2O3. The Bertz CT molecular complexity index is 551. The second-order valence-electron chi connectivity index (χ2n) is 6.85. The molecule has 0 radical (unpaired) electrons. The van der Waals surface area contributed by atoms with Gasteiger partial charge >= 0.3 is 6.09 Å². The predicted molar refractivity (Wildman–Crippen MR) is 93.7 cm³/mol. The van der Waals surface area contributed by atoms with E-state index >= 15 is 0 Å². The summed E-state index contributed by atoms with van der Waals surface area (Å²) in [6.45, 7) is 6.36. The van der Waals surface area contributed by atoms with Crippen molar-refractivity contribution in [1.82, 2.24) is 10.6 Å². The molecule has 1 aliphatic rings. The first kappa shape index (κ1) is 18.1. The normalized spacial score (nSPS) is 20.6. The van der Waals surface area contributed by atoms with Gasteiger partial charge in [0, 0.05) is 23.1 Å². The lowest BCUT2D eigenvalue weighted by Crippen LogP contribution is -2.53. The van der Waals surface area contributed by atoms with Crippen LogP contribution in [0.2, 0.25) is 0 Å². The molecule has 2 N–H and O–H groups in total. The Labute approximate surface area is 146 Å². The quantitative estimate of drug-likeness (QED) is 0.813. The minimum absolute atomic E-state index is 0.191. The van der Waals surface area contributed by atoms with Gasteiger partial charge in [-0.25, -0.2) is 4.79 Å². The van der Waals surface area contributed by atoms with Crippen LogP contribution in [0.3, 0.4) is 0 Å². The minimum Gasteiger partial charge on any atom is -0.497 e. The highest BCUT2D eigenvalue weighted by molar-refractivity contribution is 9.10. The second-order valence-corrected chi connectivity index (χ2v) is 7.70. The highest BCUT2D eigenvalue weighted by Crippen LogP contribution is 2.25. The second kappa shape index (κ2) is 7.53. The van der Waals surface area contributed by atoms with E-state index in [2.05, 4.69) is 26.6 Å². The van der Waals surface area contributed by atoms with Gasteiger partial charge in [-0.3, -0.25) is 0 Å². The van der Waals surface area contributed by atoms with Gasteiger partial charge in [0.2, 0.25) is 0 Å². The third-order valence-electron chi connectivity index (χ3n) is 3.69. The zero-order valence-corrected chi connectivity index (χ0v) is 15.7. The predicted octanol–water partition coefficient (Wildman–Crippen LogP) is 3.60. The summed E-state index contributed by atoms with van der Waals surface area (Å²) >= 11 is 3.55. The summed E-state index contributed by atoms with van der Waals surface area (Å²) in [5, 5.41) is 6.40. The fourth-order valence-corrected chi connectivity index (χ4v) is 2.83. The summed E-state index contributed by atoms with van der Waals surface area (Å²) in [7, 11) is 1.67. The third kappa shape index (κ3) is 5.70. The zero-order chi connectivity index (χ0) is 17.0. The maximum Gasteiger partial charge on any atom is 0.407 e. The first-order chi connectivity index (χ1) is 10.8. The van der Waals surface area contributed by atoms with Crippen molar-refractivity contribution >= 4 is 22.0 Å². The number of nitrogens with one attached hydrogen (secondary N) is 2. The molecule has 0 unspecified atom stereocenters. The molecule has 1 saturated carbocycles. The third-order valence-corrected chi connectivity index (χ3v) is 4.47. The van der Waals surface area contributed by atoms with Crippen LogP contribution in [0.5, 0.6) is 5.75 Å². The van der Waals surface area contributed by atoms with Crippen LogP contribution in [0.25, 0.3) is 0 Å². The number of carbonyl (C=O) groups is 1. The minimum atomic E-state index is -0.454. The summed E-state index contributed by atoms with van der Waals surface area (Å²) in [5.74, 6) is 0.850. The average molecular weight is 385 g/mol. The van der Waals surface area contributed by atoms with Crippen LogP contribution in [0, 0.1) is 0 Å². The molecule has 0 spiro atoms. The maximum atomic E-state index is 11.7. The van der Waals surface area contributed by atoms with E-state index in [9.17, 15) is 4.79 Å². The lowest BCUT2D eigenvalue weighted by atomic mass is 9.86. The van der Waals surface area contributed by atoms with Crippen molar-refractivity contribution in [2.45, 2.75) is 57.8 Å². The van der Waals surface area contributed by atoms with E-state index in [1.807, 2.05) is 39.0 Å². The summed E-state index contributed by atoms with van der Waals surface area (Å²) in [4.78, 5) is 11.7. The smallest absolute Gasteiger partial charge is 0.407 e. The zero-order valence-electron chi connectivity index (χ0n) is 14.1. The van der Waals surface area contributed by atoms with Gasteiger partial charge in [-0.1, -0.05) is 15.9 Å². The largest absolute Gasteiger partial charge is 0.497 e. The highest BCUT2D eigenvalue weighted by atomic mass is 79.9. The van der Waals surface area contributed by atoms with Gasteiger partial charge in [0.1, 0.15) is 11.4 Å². The molecule has 0 atom stereocenters. The van der Waals surface area contributed by atoms with Gasteiger partial charge in [0.25, 0.3) is 0 Å². The molecule has 0 saturated heterocycles. The standard InChI is InChI=1S/C17H25BrN2O3/c1-17(2,3)23-16(21)20-13-8-12(9-13)19-10-11-7-14(22-4)5-6-15(11)18/h5-7,12-13,19H,8-10H2,1-4H3,(H,20,21). The molecule has 1 amide bonds. The van der Waals surface area contributed by atoms with E-state index in [0.717, 1.165) is 35.2 Å². The number of amides is 1. The molecule has 1 aromatic carbocycles. The lowest BCUT2D eigenvalue weighted by Gasteiger charge is -2.36. The van der Waals surface area contributed by atoms with Crippen LogP contribution >= 0.6 is 15.9 Å². The topological polar surface area (TPSA) is 59.6 Å². The van der Waals surface area contributed by atoms with Crippen molar-refractivity contribution in [2.75, 3.05) is 7.11 Å². The van der Waals surface area contributed by atoms with E-state index in [0.29, 0.717) is 6.04 Å². The summed E-state index contributed by atoms with van der Waals surface area (Å²) < 4.78 is 11.6. The summed E-state index contributed by atoms with van der Waals surface area (Å²) in [5.41, 5.74) is 0.706. The van der Waals surface area contributed by atoms with Crippen molar-refractivity contribution in [3.63, 3.8) is 0 Å². The first-order valence-corrected chi connectivity index (χ1v) is 8.61. The summed E-state index contributed by atoms with van der Waals surface area (Å²) in [6.07, 6.45) is 1.50. The fraction of sp³-hybridized carbons (Fsp3) is 0.588. The van der Waals surface area contributed by atoms with Crippen molar-refractivity contribution in [2.24, 2.45) is 0 Å². The molecule has 128 valence electrons. The Morgan fingerprint density at radius 3 is 2.61 bits per heavy atom. The number of ether oxygens (including phenoxy) is 2. The Balaban J connectivity index is 1.71. The molecular weight excluding hydrogens is 360 g/mol. The van der Waals surface area contributed by atoms with E-state index in [1.165, 1.54) is 0 Å². The van der Waals surface area contributed by atoms with Crippen LogP contribution in [0.4, 0.5) is 4.79 Å². The van der Waals surface area contributed by atoms with Crippen LogP contribution in [-0.2, 0) is 11.3 Å². The molecule has 1 fully saturated rings. The van der Waals surface area contributed by atoms with Gasteiger partial charge in [0.15, 0.2) is 0 Å². The number of halogens is 1. The van der Waals surface area contributed by atoms with Gasteiger partial charge in [-0.15, -0.1) is 0 Å². The summed E-state index contributed by atoms with van der Waals surface area (Å²) in [6, 6.07) is 6.54. The maximum absolute atomic E-state index is 11.7. The number of methoxy groups -OCH3 is 1. The van der Waals surface area contributed by atoms with Crippen molar-refractivity contribution in [1.29, 1.82) is 0 Å². The van der Waals surface area contributed by atoms with Gasteiger partial charge in [-0.05, 0) is 57.4 Å². The number of rotatable bonds is 5. The fourth-order valence-electron chi connectivity index (χ4n) is 2.44. The van der Waals surface area contributed by atoms with Gasteiger partial charge < -0.3 is 20.1 Å². The Hall–Kier alpha value is -1.27. The van der Waals surface area contributed by atoms with Crippen LogP contribution < -0.4 is 15.4 Å². The van der Waals surface area contributed by atoms with Gasteiger partial charge in [-0.2, -0.15) is 0 Å². The van der Waals surface area contributed by atoms with Crippen molar-refractivity contribution in [3.05, 3.63) is 28.2 Å². The van der Waals surface area contributed by atoms with Crippen LogP contribution in [-0.4, -0.2) is 30.9 Å². The average Bonchev–Trinajstić information content (AvgIpc) is 2.40. The number of hydrogen-bond donors (Lipinski definition) is 2. The highest BCUT2D eigenvalue weighted by Gasteiger charge is 2.31. The van der Waals surface area contributed by atoms with Crippen molar-refractivity contribution in [3.8, 4) is 5.75 Å². The van der Waals surface area contributed by atoms with Crippen molar-refractivity contribution < 1.29 is 14.3 Å². The molecule has 0 heterocycles. The molecule has 6 heteroatoms. The first-order valence-electron chi connectivity index (χ1n) is 7.82. The van der Waals surface area contributed by atoms with Gasteiger partial charge in [0.05, 0.1) is 7.11 Å². The molecule has 0 bridgehead atoms. The number of hydrogen-bond acceptors (Lipinski definition) is 4. The molecule has 1 aliphatic carbocycles. The molecule has 2 rings (SSSR count). The van der Waals surface area contributed by atoms with E-state index in [1.54, 1.807) is 7.11 Å². The monoisotopic (exact) mass is 384 g/mol. The molecule has 1 aromatic rings. The Kier molecular flexibility index (Phi) is 5.92. The Morgan fingerprint density at radius 1 is 1.30 bits per heavy atom. The van der Waals surface area contributed by atoms with E-state index < -0.39 is 5.60 Å².